The molecule has 2 amide bonds. The highest BCUT2D eigenvalue weighted by molar-refractivity contribution is 5.74. The molecule has 2 N–H and O–H groups in total. The molecule has 0 bridgehead atoms. The van der Waals surface area contributed by atoms with Crippen LogP contribution in [0.25, 0.3) is 0 Å². The summed E-state index contributed by atoms with van der Waals surface area (Å²) < 4.78 is 5.61. The molecule has 23 heavy (non-hydrogen) atoms. The molecule has 1 aromatic carbocycles. The second-order valence-electron chi connectivity index (χ2n) is 5.72. The molecule has 0 aromatic heterocycles. The number of aliphatic hydroxyl groups is 1. The Hall–Kier alpha value is -2.01. The number of hydrogen-bond donors (Lipinski definition) is 2. The van der Waals surface area contributed by atoms with E-state index in [-0.39, 0.29) is 18.7 Å². The number of carbonyl (C=O) groups is 1. The van der Waals surface area contributed by atoms with Crippen molar-refractivity contribution in [3.05, 3.63) is 42.5 Å². The summed E-state index contributed by atoms with van der Waals surface area (Å²) in [7, 11) is 0. The Labute approximate surface area is 137 Å². The highest BCUT2D eigenvalue weighted by Crippen LogP contribution is 2.21. The number of likely N-dealkylation sites (tertiary alicyclic amines) is 1. The standard InChI is InChI=1S/C18H26N2O3/c1-2-13-23-17-9-4-3-7-15(17)14-19-18(22)20-11-6-5-8-16(20)10-12-21/h2-4,7,9,16,21H,1,5-6,8,10-14H2,(H,19,22). The fraction of sp³-hybridized carbons (Fsp3) is 0.500. The number of aliphatic hydroxyl groups excluding tert-OH is 1. The molecule has 0 aliphatic carbocycles. The molecule has 1 aromatic rings. The fourth-order valence-corrected chi connectivity index (χ4v) is 2.93. The maximum Gasteiger partial charge on any atom is 0.317 e. The molecule has 1 heterocycles. The molecule has 0 saturated carbocycles. The van der Waals surface area contributed by atoms with Crippen LogP contribution >= 0.6 is 0 Å². The van der Waals surface area contributed by atoms with Crippen LogP contribution in [0.1, 0.15) is 31.2 Å². The van der Waals surface area contributed by atoms with E-state index >= 15 is 0 Å². The first-order chi connectivity index (χ1) is 11.3. The van der Waals surface area contributed by atoms with Gasteiger partial charge in [0.2, 0.25) is 0 Å². The molecule has 2 rings (SSSR count). The van der Waals surface area contributed by atoms with Crippen molar-refractivity contribution in [2.45, 2.75) is 38.3 Å². The van der Waals surface area contributed by atoms with E-state index in [1.807, 2.05) is 29.2 Å². The van der Waals surface area contributed by atoms with Gasteiger partial charge in [-0.1, -0.05) is 30.9 Å². The minimum absolute atomic E-state index is 0.0679. The zero-order valence-electron chi connectivity index (χ0n) is 13.5. The van der Waals surface area contributed by atoms with Crippen LogP contribution in [-0.2, 0) is 6.54 Å². The fourth-order valence-electron chi connectivity index (χ4n) is 2.93. The summed E-state index contributed by atoms with van der Waals surface area (Å²) in [5, 5.41) is 12.1. The summed E-state index contributed by atoms with van der Waals surface area (Å²) in [6.07, 6.45) is 5.45. The Morgan fingerprint density at radius 3 is 3.04 bits per heavy atom. The van der Waals surface area contributed by atoms with Gasteiger partial charge in [-0.05, 0) is 31.7 Å². The molecule has 1 unspecified atom stereocenters. The first-order valence-electron chi connectivity index (χ1n) is 8.23. The molecular formula is C18H26N2O3. The van der Waals surface area contributed by atoms with Gasteiger partial charge in [-0.15, -0.1) is 0 Å². The van der Waals surface area contributed by atoms with Gasteiger partial charge in [0.1, 0.15) is 12.4 Å². The van der Waals surface area contributed by atoms with Crippen LogP contribution < -0.4 is 10.1 Å². The van der Waals surface area contributed by atoms with Gasteiger partial charge in [-0.3, -0.25) is 0 Å². The van der Waals surface area contributed by atoms with Gasteiger partial charge in [0, 0.05) is 31.3 Å². The van der Waals surface area contributed by atoms with Crippen LogP contribution in [0.4, 0.5) is 4.79 Å². The topological polar surface area (TPSA) is 61.8 Å². The number of nitrogens with one attached hydrogen (secondary N) is 1. The molecule has 1 fully saturated rings. The average molecular weight is 318 g/mol. The number of para-hydroxylation sites is 1. The zero-order chi connectivity index (χ0) is 16.5. The number of hydrogen-bond acceptors (Lipinski definition) is 3. The van der Waals surface area contributed by atoms with Crippen LogP contribution in [-0.4, -0.2) is 41.8 Å². The molecule has 1 aliphatic heterocycles. The molecule has 5 heteroatoms. The van der Waals surface area contributed by atoms with Gasteiger partial charge in [0.15, 0.2) is 0 Å². The minimum Gasteiger partial charge on any atom is -0.489 e. The third-order valence-electron chi connectivity index (χ3n) is 4.11. The van der Waals surface area contributed by atoms with E-state index in [1.54, 1.807) is 6.08 Å². The number of benzene rings is 1. The average Bonchev–Trinajstić information content (AvgIpc) is 2.59. The lowest BCUT2D eigenvalue weighted by Crippen LogP contribution is -2.48. The van der Waals surface area contributed by atoms with Crippen molar-refractivity contribution < 1.29 is 14.6 Å². The Kier molecular flexibility index (Phi) is 6.94. The second-order valence-corrected chi connectivity index (χ2v) is 5.72. The molecule has 0 spiro atoms. The molecule has 1 aliphatic rings. The SMILES string of the molecule is C=CCOc1ccccc1CNC(=O)N1CCCCC1CCO. The van der Waals surface area contributed by atoms with E-state index < -0.39 is 0 Å². The van der Waals surface area contributed by atoms with Gasteiger partial charge < -0.3 is 20.1 Å². The Balaban J connectivity index is 1.94. The Morgan fingerprint density at radius 1 is 1.43 bits per heavy atom. The maximum atomic E-state index is 12.5. The molecule has 0 radical (unpaired) electrons. The second kappa shape index (κ2) is 9.20. The van der Waals surface area contributed by atoms with E-state index in [0.717, 1.165) is 37.1 Å². The number of carbonyl (C=O) groups excluding carboxylic acids is 1. The molecular weight excluding hydrogens is 292 g/mol. The highest BCUT2D eigenvalue weighted by atomic mass is 16.5. The normalized spacial score (nSPS) is 17.6. The summed E-state index contributed by atoms with van der Waals surface area (Å²) in [6.45, 7) is 5.38. The van der Waals surface area contributed by atoms with Gasteiger partial charge in [-0.2, -0.15) is 0 Å². The predicted octanol–water partition coefficient (Wildman–Crippen LogP) is 2.70. The van der Waals surface area contributed by atoms with E-state index in [4.69, 9.17) is 9.84 Å². The minimum atomic E-state index is -0.0679. The zero-order valence-corrected chi connectivity index (χ0v) is 13.5. The lowest BCUT2D eigenvalue weighted by molar-refractivity contribution is 0.131. The number of ether oxygens (including phenoxy) is 1. The van der Waals surface area contributed by atoms with Crippen LogP contribution in [0.3, 0.4) is 0 Å². The maximum absolute atomic E-state index is 12.5. The van der Waals surface area contributed by atoms with Gasteiger partial charge in [-0.25, -0.2) is 4.79 Å². The smallest absolute Gasteiger partial charge is 0.317 e. The highest BCUT2D eigenvalue weighted by Gasteiger charge is 2.26. The Bertz CT molecular complexity index is 517. The first kappa shape index (κ1) is 17.3. The number of amides is 2. The van der Waals surface area contributed by atoms with Crippen molar-refractivity contribution >= 4 is 6.03 Å². The van der Waals surface area contributed by atoms with Crippen LogP contribution in [0.5, 0.6) is 5.75 Å². The molecule has 1 saturated heterocycles. The monoisotopic (exact) mass is 318 g/mol. The van der Waals surface area contributed by atoms with Gasteiger partial charge >= 0.3 is 6.03 Å². The van der Waals surface area contributed by atoms with Gasteiger partial charge in [0.05, 0.1) is 0 Å². The van der Waals surface area contributed by atoms with Crippen LogP contribution in [0.2, 0.25) is 0 Å². The third kappa shape index (κ3) is 4.99. The van der Waals surface area contributed by atoms with Crippen LogP contribution in [0, 0.1) is 0 Å². The summed E-state index contributed by atoms with van der Waals surface area (Å²) in [6, 6.07) is 7.74. The largest absolute Gasteiger partial charge is 0.489 e. The molecule has 5 nitrogen and oxygen atoms in total. The lowest BCUT2D eigenvalue weighted by atomic mass is 10.0. The predicted molar refractivity (Wildman–Crippen MR) is 90.4 cm³/mol. The van der Waals surface area contributed by atoms with Gasteiger partial charge in [0.25, 0.3) is 0 Å². The van der Waals surface area contributed by atoms with Crippen LogP contribution in [0.15, 0.2) is 36.9 Å². The van der Waals surface area contributed by atoms with Crippen molar-refractivity contribution in [1.29, 1.82) is 0 Å². The van der Waals surface area contributed by atoms with Crippen molar-refractivity contribution in [2.24, 2.45) is 0 Å². The number of rotatable bonds is 7. The summed E-state index contributed by atoms with van der Waals surface area (Å²) >= 11 is 0. The summed E-state index contributed by atoms with van der Waals surface area (Å²) in [5.74, 6) is 0.762. The van der Waals surface area contributed by atoms with Crippen molar-refractivity contribution in [3.63, 3.8) is 0 Å². The lowest BCUT2D eigenvalue weighted by Gasteiger charge is -2.35. The van der Waals surface area contributed by atoms with Crippen molar-refractivity contribution in [3.8, 4) is 5.75 Å². The summed E-state index contributed by atoms with van der Waals surface area (Å²) in [5.41, 5.74) is 0.943. The summed E-state index contributed by atoms with van der Waals surface area (Å²) in [4.78, 5) is 14.3. The molecule has 1 atom stereocenters. The Morgan fingerprint density at radius 2 is 2.26 bits per heavy atom. The van der Waals surface area contributed by atoms with Crippen molar-refractivity contribution in [1.82, 2.24) is 10.2 Å². The molecule has 126 valence electrons. The van der Waals surface area contributed by atoms with E-state index in [1.165, 1.54) is 0 Å². The van der Waals surface area contributed by atoms with Crippen molar-refractivity contribution in [2.75, 3.05) is 19.8 Å². The quantitative estimate of drug-likeness (QED) is 0.760. The number of urea groups is 1. The van der Waals surface area contributed by atoms with E-state index in [0.29, 0.717) is 19.6 Å². The third-order valence-corrected chi connectivity index (χ3v) is 4.11. The first-order valence-corrected chi connectivity index (χ1v) is 8.23. The van der Waals surface area contributed by atoms with E-state index in [9.17, 15) is 4.79 Å². The van der Waals surface area contributed by atoms with E-state index in [2.05, 4.69) is 11.9 Å². The number of nitrogens with zero attached hydrogens (tertiary/aromatic N) is 1. The number of piperidine rings is 1.